The van der Waals surface area contributed by atoms with Crippen molar-refractivity contribution in [1.82, 2.24) is 0 Å². The van der Waals surface area contributed by atoms with Crippen LogP contribution < -0.4 is 0 Å². The van der Waals surface area contributed by atoms with Crippen LogP contribution in [0.1, 0.15) is 78.1 Å². The van der Waals surface area contributed by atoms with Crippen molar-refractivity contribution in [2.24, 2.45) is 0 Å². The Bertz CT molecular complexity index is 171. The van der Waals surface area contributed by atoms with E-state index in [1.54, 1.807) is 6.92 Å². The van der Waals surface area contributed by atoms with Crippen molar-refractivity contribution in [3.05, 3.63) is 0 Å². The number of aliphatic hydroxyl groups excluding tert-OH is 3. The fraction of sp³-hybridized carbons (Fsp3) is 1.00. The molecule has 0 aromatic carbocycles. The van der Waals surface area contributed by atoms with Crippen molar-refractivity contribution in [2.75, 3.05) is 0 Å². The van der Waals surface area contributed by atoms with Crippen LogP contribution in [0, 0.1) is 0 Å². The predicted octanol–water partition coefficient (Wildman–Crippen LogP) is 3.01. The molecule has 0 saturated carbocycles. The van der Waals surface area contributed by atoms with Crippen LogP contribution in [0.15, 0.2) is 0 Å². The maximum absolute atomic E-state index is 9.74. The molecule has 3 heteroatoms. The predicted molar refractivity (Wildman–Crippen MR) is 75.5 cm³/mol. The van der Waals surface area contributed by atoms with Gasteiger partial charge in [-0.25, -0.2) is 0 Å². The fourth-order valence-electron chi connectivity index (χ4n) is 2.11. The number of aliphatic hydroxyl groups is 3. The van der Waals surface area contributed by atoms with Gasteiger partial charge in [-0.15, -0.1) is 0 Å². The number of hydrogen-bond donors (Lipinski definition) is 3. The average Bonchev–Trinajstić information content (AvgIpc) is 2.34. The first kappa shape index (κ1) is 17.9. The molecule has 0 rings (SSSR count). The Kier molecular flexibility index (Phi) is 11.9. The van der Waals surface area contributed by atoms with Crippen molar-refractivity contribution < 1.29 is 15.3 Å². The molecule has 0 radical (unpaired) electrons. The molecule has 0 heterocycles. The zero-order valence-electron chi connectivity index (χ0n) is 12.1. The molecule has 110 valence electrons. The summed E-state index contributed by atoms with van der Waals surface area (Å²) in [7, 11) is 0. The third-order valence-electron chi connectivity index (χ3n) is 3.43. The molecule has 0 fully saturated rings. The Labute approximate surface area is 112 Å². The van der Waals surface area contributed by atoms with Gasteiger partial charge >= 0.3 is 0 Å². The molecule has 0 saturated heterocycles. The molecule has 0 bridgehead atoms. The van der Waals surface area contributed by atoms with E-state index in [0.717, 1.165) is 12.8 Å². The van der Waals surface area contributed by atoms with E-state index in [1.807, 2.05) is 0 Å². The Hall–Kier alpha value is -0.120. The van der Waals surface area contributed by atoms with Crippen molar-refractivity contribution in [3.63, 3.8) is 0 Å². The Morgan fingerprint density at radius 3 is 1.72 bits per heavy atom. The van der Waals surface area contributed by atoms with Crippen molar-refractivity contribution in [1.29, 1.82) is 0 Å². The van der Waals surface area contributed by atoms with E-state index in [9.17, 15) is 10.2 Å². The van der Waals surface area contributed by atoms with Gasteiger partial charge in [0.15, 0.2) is 0 Å². The molecule has 3 N–H and O–H groups in total. The first-order chi connectivity index (χ1) is 8.57. The topological polar surface area (TPSA) is 60.7 Å². The van der Waals surface area contributed by atoms with Crippen molar-refractivity contribution >= 4 is 0 Å². The highest BCUT2D eigenvalue weighted by molar-refractivity contribution is 4.68. The molecule has 0 aromatic rings. The lowest BCUT2D eigenvalue weighted by molar-refractivity contribution is 0.00130. The van der Waals surface area contributed by atoms with Gasteiger partial charge in [0.05, 0.1) is 18.3 Å². The standard InChI is InChI=1S/C15H32O3/c1-3-4-5-6-7-8-9-10-14(17)15(18)12-11-13(2)16/h13-18H,3-12H2,1-2H3. The average molecular weight is 260 g/mol. The fourth-order valence-corrected chi connectivity index (χ4v) is 2.11. The highest BCUT2D eigenvalue weighted by Gasteiger charge is 2.16. The lowest BCUT2D eigenvalue weighted by Gasteiger charge is -2.18. The van der Waals surface area contributed by atoms with Crippen LogP contribution in [0.25, 0.3) is 0 Å². The van der Waals surface area contributed by atoms with Gasteiger partial charge in [0.25, 0.3) is 0 Å². The third kappa shape index (κ3) is 11.0. The van der Waals surface area contributed by atoms with Crippen LogP contribution in [0.5, 0.6) is 0 Å². The molecule has 0 aliphatic heterocycles. The Balaban J connectivity index is 3.37. The Morgan fingerprint density at radius 2 is 1.17 bits per heavy atom. The first-order valence-electron chi connectivity index (χ1n) is 7.62. The molecular weight excluding hydrogens is 228 g/mol. The minimum absolute atomic E-state index is 0.398. The summed E-state index contributed by atoms with van der Waals surface area (Å²) < 4.78 is 0. The second kappa shape index (κ2) is 11.9. The van der Waals surface area contributed by atoms with Crippen LogP contribution >= 0.6 is 0 Å². The summed E-state index contributed by atoms with van der Waals surface area (Å²) in [6.45, 7) is 3.92. The van der Waals surface area contributed by atoms with Gasteiger partial charge in [0, 0.05) is 0 Å². The second-order valence-corrected chi connectivity index (χ2v) is 5.47. The zero-order valence-corrected chi connectivity index (χ0v) is 12.1. The molecule has 0 aliphatic rings. The first-order valence-corrected chi connectivity index (χ1v) is 7.62. The number of hydrogen-bond acceptors (Lipinski definition) is 3. The van der Waals surface area contributed by atoms with Gasteiger partial charge in [-0.2, -0.15) is 0 Å². The van der Waals surface area contributed by atoms with Crippen LogP contribution in [-0.2, 0) is 0 Å². The molecule has 3 atom stereocenters. The lowest BCUT2D eigenvalue weighted by Crippen LogP contribution is -2.26. The van der Waals surface area contributed by atoms with Crippen LogP contribution in [0.3, 0.4) is 0 Å². The SMILES string of the molecule is CCCCCCCCCC(O)C(O)CCC(C)O. The van der Waals surface area contributed by atoms with Gasteiger partial charge < -0.3 is 15.3 Å². The summed E-state index contributed by atoms with van der Waals surface area (Å²) in [5, 5.41) is 28.5. The normalized spacial score (nSPS) is 16.5. The molecular formula is C15H32O3. The highest BCUT2D eigenvalue weighted by Crippen LogP contribution is 2.13. The van der Waals surface area contributed by atoms with Crippen LogP contribution in [0.2, 0.25) is 0 Å². The molecule has 3 nitrogen and oxygen atoms in total. The molecule has 0 aromatic heterocycles. The van der Waals surface area contributed by atoms with Crippen molar-refractivity contribution in [2.45, 2.75) is 96.4 Å². The second-order valence-electron chi connectivity index (χ2n) is 5.47. The van der Waals surface area contributed by atoms with Gasteiger partial charge in [0.2, 0.25) is 0 Å². The largest absolute Gasteiger partial charge is 0.393 e. The van der Waals surface area contributed by atoms with E-state index in [0.29, 0.717) is 19.3 Å². The van der Waals surface area contributed by atoms with E-state index >= 15 is 0 Å². The van der Waals surface area contributed by atoms with Gasteiger partial charge in [-0.3, -0.25) is 0 Å². The zero-order chi connectivity index (χ0) is 13.8. The van der Waals surface area contributed by atoms with E-state index < -0.39 is 18.3 Å². The van der Waals surface area contributed by atoms with E-state index in [2.05, 4.69) is 6.92 Å². The highest BCUT2D eigenvalue weighted by atomic mass is 16.3. The summed E-state index contributed by atoms with van der Waals surface area (Å²) in [6.07, 6.45) is 8.56. The van der Waals surface area contributed by atoms with E-state index in [4.69, 9.17) is 5.11 Å². The quantitative estimate of drug-likeness (QED) is 0.473. The van der Waals surface area contributed by atoms with Crippen LogP contribution in [-0.4, -0.2) is 33.6 Å². The minimum Gasteiger partial charge on any atom is -0.393 e. The van der Waals surface area contributed by atoms with Gasteiger partial charge in [-0.1, -0.05) is 51.9 Å². The van der Waals surface area contributed by atoms with E-state index in [1.165, 1.54) is 32.1 Å². The molecule has 0 aliphatic carbocycles. The smallest absolute Gasteiger partial charge is 0.0800 e. The van der Waals surface area contributed by atoms with Crippen molar-refractivity contribution in [3.8, 4) is 0 Å². The van der Waals surface area contributed by atoms with Crippen LogP contribution in [0.4, 0.5) is 0 Å². The summed E-state index contributed by atoms with van der Waals surface area (Å²) in [6, 6.07) is 0. The summed E-state index contributed by atoms with van der Waals surface area (Å²) in [4.78, 5) is 0. The maximum Gasteiger partial charge on any atom is 0.0800 e. The molecule has 0 amide bonds. The molecule has 18 heavy (non-hydrogen) atoms. The summed E-state index contributed by atoms with van der Waals surface area (Å²) in [5.41, 5.74) is 0. The number of rotatable bonds is 12. The monoisotopic (exact) mass is 260 g/mol. The Morgan fingerprint density at radius 1 is 0.667 bits per heavy atom. The lowest BCUT2D eigenvalue weighted by atomic mass is 10.0. The maximum atomic E-state index is 9.74. The van der Waals surface area contributed by atoms with E-state index in [-0.39, 0.29) is 0 Å². The van der Waals surface area contributed by atoms with Gasteiger partial charge in [0.1, 0.15) is 0 Å². The molecule has 3 unspecified atom stereocenters. The van der Waals surface area contributed by atoms with Gasteiger partial charge in [-0.05, 0) is 26.2 Å². The number of unbranched alkanes of at least 4 members (excludes halogenated alkanes) is 6. The molecule has 0 spiro atoms. The third-order valence-corrected chi connectivity index (χ3v) is 3.43. The summed E-state index contributed by atoms with van der Waals surface area (Å²) >= 11 is 0. The minimum atomic E-state index is -0.681. The summed E-state index contributed by atoms with van der Waals surface area (Å²) in [5.74, 6) is 0.